The van der Waals surface area contributed by atoms with Gasteiger partial charge in [0.15, 0.2) is 0 Å². The van der Waals surface area contributed by atoms with E-state index in [1.54, 1.807) is 6.07 Å². The molecule has 1 aromatic carbocycles. The summed E-state index contributed by atoms with van der Waals surface area (Å²) in [5, 5.41) is 0.237. The van der Waals surface area contributed by atoms with Crippen LogP contribution in [0.15, 0.2) is 12.1 Å². The summed E-state index contributed by atoms with van der Waals surface area (Å²) in [6, 6.07) is 4.08. The standard InChI is InChI=1S/C15H21ClFN/c1-15(2,3)12-7-10(8-13(16)14(12)17)4-9-5-11(18)6-9/h7-9,11H,4-6,18H2,1-3H3. The van der Waals surface area contributed by atoms with Gasteiger partial charge in [0.25, 0.3) is 0 Å². The molecule has 1 aliphatic carbocycles. The molecular weight excluding hydrogens is 249 g/mol. The minimum Gasteiger partial charge on any atom is -0.328 e. The predicted octanol–water partition coefficient (Wildman–Crippen LogP) is 4.06. The third-order valence-corrected chi connectivity index (χ3v) is 3.97. The van der Waals surface area contributed by atoms with Crippen LogP contribution in [0.3, 0.4) is 0 Å². The zero-order valence-corrected chi connectivity index (χ0v) is 12.0. The molecule has 0 spiro atoms. The van der Waals surface area contributed by atoms with E-state index in [2.05, 4.69) is 0 Å². The van der Waals surface area contributed by atoms with Crippen LogP contribution in [0.25, 0.3) is 0 Å². The Labute approximate surface area is 114 Å². The molecule has 0 amide bonds. The van der Waals surface area contributed by atoms with Crippen molar-refractivity contribution in [1.82, 2.24) is 0 Å². The normalized spacial score (nSPS) is 23.9. The summed E-state index contributed by atoms with van der Waals surface area (Å²) < 4.78 is 14.0. The summed E-state index contributed by atoms with van der Waals surface area (Å²) in [6.07, 6.45) is 3.09. The van der Waals surface area contributed by atoms with Gasteiger partial charge in [0, 0.05) is 6.04 Å². The van der Waals surface area contributed by atoms with Gasteiger partial charge in [-0.2, -0.15) is 0 Å². The highest BCUT2D eigenvalue weighted by Crippen LogP contribution is 2.34. The third-order valence-electron chi connectivity index (χ3n) is 3.69. The fourth-order valence-electron chi connectivity index (χ4n) is 2.60. The summed E-state index contributed by atoms with van der Waals surface area (Å²) in [4.78, 5) is 0. The van der Waals surface area contributed by atoms with Crippen LogP contribution in [-0.4, -0.2) is 6.04 Å². The summed E-state index contributed by atoms with van der Waals surface area (Å²) in [5.74, 6) is 0.354. The number of hydrogen-bond acceptors (Lipinski definition) is 1. The number of benzene rings is 1. The highest BCUT2D eigenvalue weighted by Gasteiger charge is 2.27. The molecule has 18 heavy (non-hydrogen) atoms. The summed E-state index contributed by atoms with van der Waals surface area (Å²) in [6.45, 7) is 6.01. The monoisotopic (exact) mass is 269 g/mol. The summed E-state index contributed by atoms with van der Waals surface area (Å²) >= 11 is 6.00. The first-order valence-electron chi connectivity index (χ1n) is 6.51. The number of halogens is 2. The largest absolute Gasteiger partial charge is 0.328 e. The topological polar surface area (TPSA) is 26.0 Å². The molecule has 0 heterocycles. The van der Waals surface area contributed by atoms with Crippen molar-refractivity contribution in [3.8, 4) is 0 Å². The average Bonchev–Trinajstić information content (AvgIpc) is 2.19. The zero-order valence-electron chi connectivity index (χ0n) is 11.3. The van der Waals surface area contributed by atoms with E-state index in [9.17, 15) is 4.39 Å². The molecule has 2 rings (SSSR count). The highest BCUT2D eigenvalue weighted by molar-refractivity contribution is 6.30. The van der Waals surface area contributed by atoms with Gasteiger partial charge in [-0.25, -0.2) is 4.39 Å². The maximum atomic E-state index is 14.0. The van der Waals surface area contributed by atoms with Crippen molar-refractivity contribution in [1.29, 1.82) is 0 Å². The predicted molar refractivity (Wildman–Crippen MR) is 74.5 cm³/mol. The molecule has 1 aliphatic rings. The smallest absolute Gasteiger partial charge is 0.145 e. The van der Waals surface area contributed by atoms with E-state index in [1.807, 2.05) is 26.8 Å². The van der Waals surface area contributed by atoms with Crippen LogP contribution in [-0.2, 0) is 11.8 Å². The van der Waals surface area contributed by atoms with Crippen molar-refractivity contribution in [3.05, 3.63) is 34.1 Å². The van der Waals surface area contributed by atoms with E-state index in [0.29, 0.717) is 17.5 Å². The van der Waals surface area contributed by atoms with Crippen molar-refractivity contribution in [3.63, 3.8) is 0 Å². The highest BCUT2D eigenvalue weighted by atomic mass is 35.5. The minimum atomic E-state index is -0.279. The number of rotatable bonds is 2. The maximum Gasteiger partial charge on any atom is 0.145 e. The fourth-order valence-corrected chi connectivity index (χ4v) is 2.84. The van der Waals surface area contributed by atoms with Crippen LogP contribution >= 0.6 is 11.6 Å². The van der Waals surface area contributed by atoms with Crippen LogP contribution in [0.1, 0.15) is 44.7 Å². The Morgan fingerprint density at radius 3 is 2.44 bits per heavy atom. The second-order valence-electron chi connectivity index (χ2n) is 6.49. The molecule has 2 N–H and O–H groups in total. The maximum absolute atomic E-state index is 14.0. The van der Waals surface area contributed by atoms with Gasteiger partial charge >= 0.3 is 0 Å². The second kappa shape index (κ2) is 4.82. The molecule has 1 saturated carbocycles. The van der Waals surface area contributed by atoms with Gasteiger partial charge in [-0.05, 0) is 47.8 Å². The lowest BCUT2D eigenvalue weighted by atomic mass is 9.76. The van der Waals surface area contributed by atoms with Gasteiger partial charge in [0.1, 0.15) is 5.82 Å². The molecule has 0 aromatic heterocycles. The Kier molecular flexibility index (Phi) is 3.70. The van der Waals surface area contributed by atoms with Gasteiger partial charge in [-0.15, -0.1) is 0 Å². The molecule has 0 radical (unpaired) electrons. The zero-order chi connectivity index (χ0) is 13.5. The van der Waals surface area contributed by atoms with Crippen molar-refractivity contribution in [2.75, 3.05) is 0 Å². The first-order chi connectivity index (χ1) is 8.27. The molecule has 1 fully saturated rings. The van der Waals surface area contributed by atoms with Crippen molar-refractivity contribution < 1.29 is 4.39 Å². The van der Waals surface area contributed by atoms with Gasteiger partial charge in [-0.3, -0.25) is 0 Å². The molecule has 0 saturated heterocycles. The SMILES string of the molecule is CC(C)(C)c1cc(CC2CC(N)C2)cc(Cl)c1F. The van der Waals surface area contributed by atoms with E-state index >= 15 is 0 Å². The second-order valence-corrected chi connectivity index (χ2v) is 6.90. The van der Waals surface area contributed by atoms with Gasteiger partial charge in [0.2, 0.25) is 0 Å². The summed E-state index contributed by atoms with van der Waals surface area (Å²) in [7, 11) is 0. The van der Waals surface area contributed by atoms with E-state index in [-0.39, 0.29) is 16.3 Å². The Morgan fingerprint density at radius 2 is 1.94 bits per heavy atom. The van der Waals surface area contributed by atoms with Gasteiger partial charge in [0.05, 0.1) is 5.02 Å². The lowest BCUT2D eigenvalue weighted by Gasteiger charge is -2.33. The number of nitrogens with two attached hydrogens (primary N) is 1. The third kappa shape index (κ3) is 2.86. The Balaban J connectivity index is 2.24. The van der Waals surface area contributed by atoms with E-state index in [1.165, 1.54) is 0 Å². The van der Waals surface area contributed by atoms with Crippen LogP contribution in [0.2, 0.25) is 5.02 Å². The molecule has 1 aromatic rings. The molecule has 0 unspecified atom stereocenters. The lowest BCUT2D eigenvalue weighted by Crippen LogP contribution is -2.37. The van der Waals surface area contributed by atoms with Gasteiger partial charge in [-0.1, -0.05) is 38.4 Å². The van der Waals surface area contributed by atoms with E-state index < -0.39 is 0 Å². The molecule has 3 heteroatoms. The van der Waals surface area contributed by atoms with E-state index in [4.69, 9.17) is 17.3 Å². The lowest BCUT2D eigenvalue weighted by molar-refractivity contribution is 0.264. The first-order valence-corrected chi connectivity index (χ1v) is 6.89. The van der Waals surface area contributed by atoms with Crippen molar-refractivity contribution in [2.45, 2.75) is 51.5 Å². The average molecular weight is 270 g/mol. The first kappa shape index (κ1) is 13.8. The summed E-state index contributed by atoms with van der Waals surface area (Å²) in [5.41, 5.74) is 7.40. The molecule has 0 atom stereocenters. The van der Waals surface area contributed by atoms with Crippen LogP contribution in [0, 0.1) is 11.7 Å². The fraction of sp³-hybridized carbons (Fsp3) is 0.600. The molecule has 1 nitrogen and oxygen atoms in total. The van der Waals surface area contributed by atoms with Crippen LogP contribution in [0.5, 0.6) is 0 Å². The quantitative estimate of drug-likeness (QED) is 0.861. The molecule has 100 valence electrons. The Hall–Kier alpha value is -0.600. The van der Waals surface area contributed by atoms with Crippen molar-refractivity contribution in [2.24, 2.45) is 11.7 Å². The van der Waals surface area contributed by atoms with Crippen LogP contribution in [0.4, 0.5) is 4.39 Å². The molecule has 0 aliphatic heterocycles. The molecule has 0 bridgehead atoms. The Bertz CT molecular complexity index is 445. The van der Waals surface area contributed by atoms with E-state index in [0.717, 1.165) is 24.8 Å². The Morgan fingerprint density at radius 1 is 1.33 bits per heavy atom. The number of hydrogen-bond donors (Lipinski definition) is 1. The molecular formula is C15H21ClFN. The minimum absolute atomic E-state index is 0.222. The van der Waals surface area contributed by atoms with Gasteiger partial charge < -0.3 is 5.73 Å². The van der Waals surface area contributed by atoms with Crippen LogP contribution < -0.4 is 5.73 Å². The van der Waals surface area contributed by atoms with Crippen molar-refractivity contribution >= 4 is 11.6 Å².